The third-order valence-corrected chi connectivity index (χ3v) is 3.23. The van der Waals surface area contributed by atoms with Crippen molar-refractivity contribution in [2.24, 2.45) is 0 Å². The van der Waals surface area contributed by atoms with E-state index in [-0.39, 0.29) is 12.6 Å². The highest BCUT2D eigenvalue weighted by molar-refractivity contribution is 5.52. The summed E-state index contributed by atoms with van der Waals surface area (Å²) >= 11 is 0. The monoisotopic (exact) mass is 271 g/mol. The van der Waals surface area contributed by atoms with Crippen LogP contribution in [0, 0.1) is 6.92 Å². The lowest BCUT2D eigenvalue weighted by Gasteiger charge is -2.20. The van der Waals surface area contributed by atoms with E-state index in [1.807, 2.05) is 62.4 Å². The minimum Gasteiger partial charge on any atom is -0.494 e. The average Bonchev–Trinajstić information content (AvgIpc) is 2.47. The van der Waals surface area contributed by atoms with Gasteiger partial charge < -0.3 is 15.2 Å². The second-order valence-corrected chi connectivity index (χ2v) is 4.70. The third kappa shape index (κ3) is 3.52. The first kappa shape index (κ1) is 14.4. The number of anilines is 1. The predicted molar refractivity (Wildman–Crippen MR) is 82.2 cm³/mol. The lowest BCUT2D eigenvalue weighted by atomic mass is 10.1. The number of rotatable bonds is 6. The molecule has 2 rings (SSSR count). The van der Waals surface area contributed by atoms with Gasteiger partial charge in [0.25, 0.3) is 0 Å². The van der Waals surface area contributed by atoms with Crippen molar-refractivity contribution in [2.45, 2.75) is 19.9 Å². The molecule has 0 fully saturated rings. The molecular weight excluding hydrogens is 250 g/mol. The first-order chi connectivity index (χ1) is 9.74. The van der Waals surface area contributed by atoms with Gasteiger partial charge in [0, 0.05) is 5.69 Å². The Bertz CT molecular complexity index is 554. The van der Waals surface area contributed by atoms with Crippen molar-refractivity contribution in [3.63, 3.8) is 0 Å². The van der Waals surface area contributed by atoms with Crippen LogP contribution in [-0.2, 0) is 0 Å². The fourth-order valence-corrected chi connectivity index (χ4v) is 2.14. The van der Waals surface area contributed by atoms with Gasteiger partial charge in [0.15, 0.2) is 0 Å². The molecule has 0 aliphatic heterocycles. The van der Waals surface area contributed by atoms with Gasteiger partial charge in [-0.3, -0.25) is 0 Å². The average molecular weight is 271 g/mol. The van der Waals surface area contributed by atoms with E-state index in [1.165, 1.54) is 0 Å². The summed E-state index contributed by atoms with van der Waals surface area (Å²) in [5.74, 6) is 0.829. The molecule has 0 spiro atoms. The maximum atomic E-state index is 9.65. The van der Waals surface area contributed by atoms with E-state index in [0.717, 1.165) is 22.6 Å². The lowest BCUT2D eigenvalue weighted by molar-refractivity contribution is 0.275. The molecule has 0 heterocycles. The second kappa shape index (κ2) is 6.96. The zero-order valence-corrected chi connectivity index (χ0v) is 12.0. The molecule has 2 aromatic carbocycles. The van der Waals surface area contributed by atoms with Gasteiger partial charge in [-0.05, 0) is 43.2 Å². The molecule has 0 saturated carbocycles. The fraction of sp³-hybridized carbons (Fsp3) is 0.294. The van der Waals surface area contributed by atoms with Crippen LogP contribution >= 0.6 is 0 Å². The zero-order valence-electron chi connectivity index (χ0n) is 12.0. The summed E-state index contributed by atoms with van der Waals surface area (Å²) in [5.41, 5.74) is 3.21. The molecule has 2 N–H and O–H groups in total. The molecule has 0 aromatic heterocycles. The molecule has 106 valence electrons. The van der Waals surface area contributed by atoms with Gasteiger partial charge >= 0.3 is 0 Å². The summed E-state index contributed by atoms with van der Waals surface area (Å²) in [6.07, 6.45) is 0. The first-order valence-corrected chi connectivity index (χ1v) is 6.90. The summed E-state index contributed by atoms with van der Waals surface area (Å²) in [5, 5.41) is 13.0. The van der Waals surface area contributed by atoms with Crippen LogP contribution in [0.1, 0.15) is 24.1 Å². The van der Waals surface area contributed by atoms with E-state index < -0.39 is 0 Å². The molecule has 3 heteroatoms. The molecule has 1 atom stereocenters. The Morgan fingerprint density at radius 1 is 1.15 bits per heavy atom. The smallest absolute Gasteiger partial charge is 0.119 e. The largest absolute Gasteiger partial charge is 0.494 e. The minimum absolute atomic E-state index is 0.0317. The van der Waals surface area contributed by atoms with Crippen molar-refractivity contribution < 1.29 is 9.84 Å². The summed E-state index contributed by atoms with van der Waals surface area (Å²) in [6, 6.07) is 15.8. The molecule has 0 radical (unpaired) electrons. The van der Waals surface area contributed by atoms with Crippen molar-refractivity contribution in [2.75, 3.05) is 18.5 Å². The first-order valence-electron chi connectivity index (χ1n) is 6.90. The highest BCUT2D eigenvalue weighted by Crippen LogP contribution is 2.24. The molecule has 0 amide bonds. The van der Waals surface area contributed by atoms with Crippen molar-refractivity contribution in [1.82, 2.24) is 0 Å². The Morgan fingerprint density at radius 3 is 2.65 bits per heavy atom. The Kier molecular flexibility index (Phi) is 5.02. The van der Waals surface area contributed by atoms with Crippen LogP contribution in [0.3, 0.4) is 0 Å². The van der Waals surface area contributed by atoms with Crippen LogP contribution in [-0.4, -0.2) is 18.3 Å². The van der Waals surface area contributed by atoms with E-state index in [2.05, 4.69) is 5.32 Å². The van der Waals surface area contributed by atoms with Crippen molar-refractivity contribution in [3.8, 4) is 5.75 Å². The standard InChI is InChI=1S/C17H21NO2/c1-3-20-15-9-6-8-14(11-15)17(12-19)18-16-10-5-4-7-13(16)2/h4-11,17-19H,3,12H2,1-2H3. The van der Waals surface area contributed by atoms with E-state index in [9.17, 15) is 5.11 Å². The number of hydrogen-bond donors (Lipinski definition) is 2. The predicted octanol–water partition coefficient (Wildman–Crippen LogP) is 3.54. The second-order valence-electron chi connectivity index (χ2n) is 4.70. The molecular formula is C17H21NO2. The van der Waals surface area contributed by atoms with Crippen LogP contribution in [0.5, 0.6) is 5.75 Å². The number of para-hydroxylation sites is 1. The van der Waals surface area contributed by atoms with E-state index >= 15 is 0 Å². The summed E-state index contributed by atoms with van der Waals surface area (Å²) in [7, 11) is 0. The number of benzene rings is 2. The van der Waals surface area contributed by atoms with E-state index in [0.29, 0.717) is 6.61 Å². The van der Waals surface area contributed by atoms with Gasteiger partial charge in [-0.1, -0.05) is 30.3 Å². The maximum Gasteiger partial charge on any atom is 0.119 e. The van der Waals surface area contributed by atoms with E-state index in [1.54, 1.807) is 0 Å². The normalized spacial score (nSPS) is 11.9. The Labute approximate surface area is 120 Å². The number of aryl methyl sites for hydroxylation is 1. The lowest BCUT2D eigenvalue weighted by Crippen LogP contribution is -2.15. The summed E-state index contributed by atoms with van der Waals surface area (Å²) in [4.78, 5) is 0. The van der Waals surface area contributed by atoms with Gasteiger partial charge in [-0.2, -0.15) is 0 Å². The number of nitrogens with one attached hydrogen (secondary N) is 1. The molecule has 3 nitrogen and oxygen atoms in total. The topological polar surface area (TPSA) is 41.5 Å². The highest BCUT2D eigenvalue weighted by Gasteiger charge is 2.12. The van der Waals surface area contributed by atoms with Crippen LogP contribution in [0.15, 0.2) is 48.5 Å². The fourth-order valence-electron chi connectivity index (χ4n) is 2.14. The van der Waals surface area contributed by atoms with Gasteiger partial charge in [-0.25, -0.2) is 0 Å². The molecule has 0 aliphatic rings. The molecule has 2 aromatic rings. The summed E-state index contributed by atoms with van der Waals surface area (Å²) in [6.45, 7) is 4.68. The number of hydrogen-bond acceptors (Lipinski definition) is 3. The molecule has 1 unspecified atom stereocenters. The molecule has 0 saturated heterocycles. The minimum atomic E-state index is -0.142. The molecule has 0 bridgehead atoms. The Balaban J connectivity index is 2.20. The maximum absolute atomic E-state index is 9.65. The van der Waals surface area contributed by atoms with Crippen LogP contribution in [0.25, 0.3) is 0 Å². The van der Waals surface area contributed by atoms with Gasteiger partial charge in [0.2, 0.25) is 0 Å². The van der Waals surface area contributed by atoms with Gasteiger partial charge in [-0.15, -0.1) is 0 Å². The number of ether oxygens (including phenoxy) is 1. The molecule has 0 aliphatic carbocycles. The SMILES string of the molecule is CCOc1cccc(C(CO)Nc2ccccc2C)c1. The Hall–Kier alpha value is -2.00. The van der Waals surface area contributed by atoms with Crippen molar-refractivity contribution >= 4 is 5.69 Å². The number of aliphatic hydroxyl groups excluding tert-OH is 1. The zero-order chi connectivity index (χ0) is 14.4. The number of aliphatic hydroxyl groups is 1. The van der Waals surface area contributed by atoms with Gasteiger partial charge in [0.1, 0.15) is 5.75 Å². The van der Waals surface area contributed by atoms with Gasteiger partial charge in [0.05, 0.1) is 19.3 Å². The van der Waals surface area contributed by atoms with Crippen molar-refractivity contribution in [3.05, 3.63) is 59.7 Å². The summed E-state index contributed by atoms with van der Waals surface area (Å²) < 4.78 is 5.51. The Morgan fingerprint density at radius 2 is 1.95 bits per heavy atom. The third-order valence-electron chi connectivity index (χ3n) is 3.23. The van der Waals surface area contributed by atoms with E-state index in [4.69, 9.17) is 4.74 Å². The van der Waals surface area contributed by atoms with Crippen molar-refractivity contribution in [1.29, 1.82) is 0 Å². The van der Waals surface area contributed by atoms with Crippen LogP contribution < -0.4 is 10.1 Å². The quantitative estimate of drug-likeness (QED) is 0.844. The van der Waals surface area contributed by atoms with Crippen LogP contribution in [0.4, 0.5) is 5.69 Å². The highest BCUT2D eigenvalue weighted by atomic mass is 16.5. The molecule has 20 heavy (non-hydrogen) atoms. The van der Waals surface area contributed by atoms with Crippen LogP contribution in [0.2, 0.25) is 0 Å².